The molecule has 2 rings (SSSR count). The highest BCUT2D eigenvalue weighted by Crippen LogP contribution is 2.22. The van der Waals surface area contributed by atoms with Gasteiger partial charge in [-0.05, 0) is 17.7 Å². The molecule has 0 saturated carbocycles. The van der Waals surface area contributed by atoms with E-state index in [4.69, 9.17) is 9.47 Å². The van der Waals surface area contributed by atoms with E-state index < -0.39 is 6.09 Å². The molecule has 0 aliphatic carbocycles. The fourth-order valence-corrected chi connectivity index (χ4v) is 1.81. The van der Waals surface area contributed by atoms with Crippen LogP contribution in [0.25, 0.3) is 0 Å². The lowest BCUT2D eigenvalue weighted by molar-refractivity contribution is 0.141. The van der Waals surface area contributed by atoms with Crippen LogP contribution in [-0.2, 0) is 11.3 Å². The Morgan fingerprint density at radius 1 is 1.22 bits per heavy atom. The Morgan fingerprint density at radius 2 is 2.00 bits per heavy atom. The standard InChI is InChI=1S/C18H17NO4/c1-22-17-12-16(20)10-9-15(17)8-5-11-19-18(21)23-13-14-6-3-2-4-7-14/h2-4,6-7,9-10,12,20H,11,13H2,1H3,(H,19,21). The summed E-state index contributed by atoms with van der Waals surface area (Å²) in [5.41, 5.74) is 1.55. The van der Waals surface area contributed by atoms with Gasteiger partial charge < -0.3 is 19.9 Å². The molecular formula is C18H17NO4. The summed E-state index contributed by atoms with van der Waals surface area (Å²) in [5.74, 6) is 6.25. The summed E-state index contributed by atoms with van der Waals surface area (Å²) in [4.78, 5) is 11.5. The average Bonchev–Trinajstić information content (AvgIpc) is 2.58. The van der Waals surface area contributed by atoms with Crippen molar-refractivity contribution in [1.29, 1.82) is 0 Å². The summed E-state index contributed by atoms with van der Waals surface area (Å²) < 4.78 is 10.2. The first-order chi connectivity index (χ1) is 11.2. The first-order valence-corrected chi connectivity index (χ1v) is 6.99. The highest BCUT2D eigenvalue weighted by molar-refractivity contribution is 5.67. The van der Waals surface area contributed by atoms with Crippen LogP contribution in [0, 0.1) is 11.8 Å². The molecule has 2 N–H and O–H groups in total. The Kier molecular flexibility index (Phi) is 5.89. The van der Waals surface area contributed by atoms with Crippen LogP contribution in [0.3, 0.4) is 0 Å². The normalized spacial score (nSPS) is 9.43. The number of carbonyl (C=O) groups excluding carboxylic acids is 1. The number of ether oxygens (including phenoxy) is 2. The molecule has 0 aliphatic heterocycles. The van der Waals surface area contributed by atoms with E-state index in [1.807, 2.05) is 30.3 Å². The van der Waals surface area contributed by atoms with Crippen molar-refractivity contribution < 1.29 is 19.4 Å². The number of rotatable bonds is 4. The predicted octanol–water partition coefficient (Wildman–Crippen LogP) is 2.68. The van der Waals surface area contributed by atoms with Gasteiger partial charge in [-0.15, -0.1) is 0 Å². The Bertz CT molecular complexity index is 717. The topological polar surface area (TPSA) is 67.8 Å². The van der Waals surface area contributed by atoms with E-state index >= 15 is 0 Å². The molecule has 0 spiro atoms. The van der Waals surface area contributed by atoms with Gasteiger partial charge in [0.05, 0.1) is 19.2 Å². The minimum atomic E-state index is -0.527. The quantitative estimate of drug-likeness (QED) is 0.852. The first-order valence-electron chi connectivity index (χ1n) is 6.99. The Morgan fingerprint density at radius 3 is 2.74 bits per heavy atom. The zero-order valence-corrected chi connectivity index (χ0v) is 12.7. The highest BCUT2D eigenvalue weighted by atomic mass is 16.5. The van der Waals surface area contributed by atoms with Crippen molar-refractivity contribution in [1.82, 2.24) is 5.32 Å². The number of nitrogens with one attached hydrogen (secondary N) is 1. The summed E-state index contributed by atoms with van der Waals surface area (Å²) in [6, 6.07) is 14.1. The number of carbonyl (C=O) groups is 1. The van der Waals surface area contributed by atoms with Gasteiger partial charge in [0.2, 0.25) is 0 Å². The SMILES string of the molecule is COc1cc(O)ccc1C#CCNC(=O)OCc1ccccc1. The molecule has 5 nitrogen and oxygen atoms in total. The maximum atomic E-state index is 11.5. The van der Waals surface area contributed by atoms with E-state index in [9.17, 15) is 9.90 Å². The number of phenolic OH excluding ortho intramolecular Hbond substituents is 1. The van der Waals surface area contributed by atoms with Gasteiger partial charge in [0, 0.05) is 6.07 Å². The van der Waals surface area contributed by atoms with Gasteiger partial charge in [-0.1, -0.05) is 42.2 Å². The van der Waals surface area contributed by atoms with Crippen molar-refractivity contribution in [3.8, 4) is 23.3 Å². The molecule has 0 fully saturated rings. The second-order valence-electron chi connectivity index (χ2n) is 4.60. The number of methoxy groups -OCH3 is 1. The zero-order chi connectivity index (χ0) is 16.5. The van der Waals surface area contributed by atoms with E-state index in [0.717, 1.165) is 5.56 Å². The molecule has 0 saturated heterocycles. The minimum absolute atomic E-state index is 0.106. The minimum Gasteiger partial charge on any atom is -0.508 e. The molecule has 0 aliphatic rings. The number of aromatic hydroxyl groups is 1. The van der Waals surface area contributed by atoms with E-state index in [1.165, 1.54) is 19.2 Å². The van der Waals surface area contributed by atoms with Crippen LogP contribution >= 0.6 is 0 Å². The smallest absolute Gasteiger partial charge is 0.408 e. The summed E-state index contributed by atoms with van der Waals surface area (Å²) in [7, 11) is 1.50. The summed E-state index contributed by atoms with van der Waals surface area (Å²) in [6.45, 7) is 0.365. The Balaban J connectivity index is 1.80. The fourth-order valence-electron chi connectivity index (χ4n) is 1.81. The number of alkyl carbamates (subject to hydrolysis) is 1. The van der Waals surface area contributed by atoms with Gasteiger partial charge in [-0.25, -0.2) is 4.79 Å². The summed E-state index contributed by atoms with van der Waals surface area (Å²) >= 11 is 0. The van der Waals surface area contributed by atoms with Crippen LogP contribution in [0.1, 0.15) is 11.1 Å². The number of hydrogen-bond donors (Lipinski definition) is 2. The highest BCUT2D eigenvalue weighted by Gasteiger charge is 2.02. The van der Waals surface area contributed by atoms with Crippen LogP contribution in [-0.4, -0.2) is 24.9 Å². The fraction of sp³-hybridized carbons (Fsp3) is 0.167. The van der Waals surface area contributed by atoms with Crippen LogP contribution in [0.15, 0.2) is 48.5 Å². The maximum Gasteiger partial charge on any atom is 0.408 e. The third-order valence-electron chi connectivity index (χ3n) is 2.94. The van der Waals surface area contributed by atoms with Gasteiger partial charge in [-0.2, -0.15) is 0 Å². The van der Waals surface area contributed by atoms with Crippen molar-refractivity contribution in [3.05, 3.63) is 59.7 Å². The molecule has 2 aromatic rings. The van der Waals surface area contributed by atoms with Crippen LogP contribution in [0.5, 0.6) is 11.5 Å². The van der Waals surface area contributed by atoms with Crippen molar-refractivity contribution in [2.24, 2.45) is 0 Å². The molecular weight excluding hydrogens is 294 g/mol. The molecule has 5 heteroatoms. The summed E-state index contributed by atoms with van der Waals surface area (Å²) in [6.07, 6.45) is -0.527. The van der Waals surface area contributed by atoms with Crippen molar-refractivity contribution in [3.63, 3.8) is 0 Å². The molecule has 23 heavy (non-hydrogen) atoms. The van der Waals surface area contributed by atoms with Crippen molar-refractivity contribution in [2.75, 3.05) is 13.7 Å². The monoisotopic (exact) mass is 311 g/mol. The third-order valence-corrected chi connectivity index (χ3v) is 2.94. The molecule has 0 atom stereocenters. The number of phenols is 1. The largest absolute Gasteiger partial charge is 0.508 e. The predicted molar refractivity (Wildman–Crippen MR) is 86.2 cm³/mol. The first kappa shape index (κ1) is 16.2. The van der Waals surface area contributed by atoms with Gasteiger partial charge >= 0.3 is 6.09 Å². The van der Waals surface area contributed by atoms with E-state index in [1.54, 1.807) is 6.07 Å². The van der Waals surface area contributed by atoms with Gasteiger partial charge in [0.15, 0.2) is 0 Å². The average molecular weight is 311 g/mol. The van der Waals surface area contributed by atoms with Gasteiger partial charge in [-0.3, -0.25) is 0 Å². The number of amides is 1. The molecule has 0 unspecified atom stereocenters. The van der Waals surface area contributed by atoms with Crippen molar-refractivity contribution in [2.45, 2.75) is 6.61 Å². The van der Waals surface area contributed by atoms with Crippen molar-refractivity contribution >= 4 is 6.09 Å². The molecule has 1 amide bonds. The lowest BCUT2D eigenvalue weighted by atomic mass is 10.2. The zero-order valence-electron chi connectivity index (χ0n) is 12.7. The third kappa shape index (κ3) is 5.29. The molecule has 2 aromatic carbocycles. The van der Waals surface area contributed by atoms with Crippen LogP contribution in [0.4, 0.5) is 4.79 Å². The number of hydrogen-bond acceptors (Lipinski definition) is 4. The molecule has 0 heterocycles. The molecule has 118 valence electrons. The van der Waals surface area contributed by atoms with E-state index in [2.05, 4.69) is 17.2 Å². The lowest BCUT2D eigenvalue weighted by Crippen LogP contribution is -2.24. The molecule has 0 bridgehead atoms. The van der Waals surface area contributed by atoms with Gasteiger partial charge in [0.1, 0.15) is 18.1 Å². The Labute approximate surface area is 134 Å². The second-order valence-corrected chi connectivity index (χ2v) is 4.60. The van der Waals surface area contributed by atoms with Crippen LogP contribution < -0.4 is 10.1 Å². The Hall–Kier alpha value is -3.13. The van der Waals surface area contributed by atoms with Gasteiger partial charge in [0.25, 0.3) is 0 Å². The molecule has 0 aromatic heterocycles. The maximum absolute atomic E-state index is 11.5. The molecule has 0 radical (unpaired) electrons. The van der Waals surface area contributed by atoms with Crippen LogP contribution in [0.2, 0.25) is 0 Å². The second kappa shape index (κ2) is 8.35. The summed E-state index contributed by atoms with van der Waals surface area (Å²) in [5, 5.41) is 11.9. The van der Waals surface area contributed by atoms with E-state index in [-0.39, 0.29) is 18.9 Å². The number of benzene rings is 2. The van der Waals surface area contributed by atoms with E-state index in [0.29, 0.717) is 11.3 Å². The lowest BCUT2D eigenvalue weighted by Gasteiger charge is -2.05.